The summed E-state index contributed by atoms with van der Waals surface area (Å²) in [4.78, 5) is 26.2. The minimum atomic E-state index is -0.621. The molecule has 6 heteroatoms. The summed E-state index contributed by atoms with van der Waals surface area (Å²) in [5.41, 5.74) is 1.86. The number of benzene rings is 2. The van der Waals surface area contributed by atoms with Crippen molar-refractivity contribution in [2.24, 2.45) is 0 Å². The Balaban J connectivity index is 1.91. The fourth-order valence-electron chi connectivity index (χ4n) is 3.14. The third-order valence-corrected chi connectivity index (χ3v) is 4.93. The highest BCUT2D eigenvalue weighted by molar-refractivity contribution is 6.30. The van der Waals surface area contributed by atoms with Gasteiger partial charge in [0.1, 0.15) is 0 Å². The Morgan fingerprint density at radius 2 is 1.58 bits per heavy atom. The van der Waals surface area contributed by atoms with E-state index in [1.54, 1.807) is 36.4 Å². The molecule has 2 aromatic carbocycles. The maximum Gasteiger partial charge on any atom is 0.290 e. The molecule has 1 atom stereocenters. The number of carbonyl (C=O) groups excluding carboxylic acids is 2. The third kappa shape index (κ3) is 3.62. The van der Waals surface area contributed by atoms with E-state index in [2.05, 4.69) is 0 Å². The normalized spacial score (nSPS) is 17.1. The van der Waals surface area contributed by atoms with Crippen LogP contribution in [-0.4, -0.2) is 28.2 Å². The Bertz CT molecular complexity index is 873. The van der Waals surface area contributed by atoms with Gasteiger partial charge < -0.3 is 10.0 Å². The fraction of sp³-hybridized carbons (Fsp3) is 0.200. The molecule has 1 unspecified atom stereocenters. The van der Waals surface area contributed by atoms with Crippen LogP contribution in [0.1, 0.15) is 24.1 Å². The molecule has 0 radical (unpaired) electrons. The summed E-state index contributed by atoms with van der Waals surface area (Å²) >= 11 is 11.8. The monoisotopic (exact) mass is 389 g/mol. The van der Waals surface area contributed by atoms with Crippen LogP contribution >= 0.6 is 23.2 Å². The van der Waals surface area contributed by atoms with Gasteiger partial charge >= 0.3 is 0 Å². The van der Waals surface area contributed by atoms with E-state index in [1.165, 1.54) is 11.8 Å². The first-order chi connectivity index (χ1) is 12.4. The van der Waals surface area contributed by atoms with Gasteiger partial charge in [0.2, 0.25) is 0 Å². The number of hydrogen-bond donors (Lipinski definition) is 1. The summed E-state index contributed by atoms with van der Waals surface area (Å²) in [6, 6.07) is 13.7. The minimum Gasteiger partial charge on any atom is -0.503 e. The van der Waals surface area contributed by atoms with Crippen molar-refractivity contribution in [3.05, 3.63) is 81.0 Å². The lowest BCUT2D eigenvalue weighted by Gasteiger charge is -2.26. The predicted octanol–water partition coefficient (Wildman–Crippen LogP) is 4.52. The van der Waals surface area contributed by atoms with E-state index in [-0.39, 0.29) is 11.4 Å². The van der Waals surface area contributed by atoms with Crippen molar-refractivity contribution in [3.8, 4) is 0 Å². The zero-order valence-corrected chi connectivity index (χ0v) is 15.6. The van der Waals surface area contributed by atoms with Gasteiger partial charge in [0.15, 0.2) is 11.5 Å². The number of carbonyl (C=O) groups is 2. The molecule has 1 amide bonds. The number of halogens is 2. The maximum absolute atomic E-state index is 12.6. The van der Waals surface area contributed by atoms with E-state index in [4.69, 9.17) is 23.2 Å². The zero-order chi connectivity index (χ0) is 18.8. The number of aliphatic hydroxyl groups is 1. The molecular formula is C20H17Cl2NO3. The van der Waals surface area contributed by atoms with Crippen LogP contribution in [0.15, 0.2) is 59.9 Å². The predicted molar refractivity (Wildman–Crippen MR) is 101 cm³/mol. The molecule has 2 aromatic rings. The second-order valence-corrected chi connectivity index (χ2v) is 7.02. The highest BCUT2D eigenvalue weighted by Crippen LogP contribution is 2.38. The molecule has 0 saturated heterocycles. The number of hydrogen-bond acceptors (Lipinski definition) is 3. The zero-order valence-electron chi connectivity index (χ0n) is 14.1. The molecule has 0 aromatic heterocycles. The van der Waals surface area contributed by atoms with E-state index in [0.29, 0.717) is 23.0 Å². The number of aliphatic hydroxyl groups excluding tert-OH is 1. The molecule has 0 fully saturated rings. The Morgan fingerprint density at radius 1 is 1.04 bits per heavy atom. The topological polar surface area (TPSA) is 57.6 Å². The molecule has 1 heterocycles. The molecular weight excluding hydrogens is 373 g/mol. The Morgan fingerprint density at radius 3 is 2.12 bits per heavy atom. The molecule has 1 aliphatic heterocycles. The van der Waals surface area contributed by atoms with E-state index in [0.717, 1.165) is 11.1 Å². The van der Waals surface area contributed by atoms with Gasteiger partial charge in [0.05, 0.1) is 11.6 Å². The van der Waals surface area contributed by atoms with Crippen LogP contribution in [0.2, 0.25) is 10.0 Å². The van der Waals surface area contributed by atoms with E-state index >= 15 is 0 Å². The SMILES string of the molecule is CC(=O)C1=C(O)C(=O)N(CCc2ccc(Cl)cc2)C1c1ccc(Cl)cc1. The molecule has 1 aliphatic rings. The quantitative estimate of drug-likeness (QED) is 0.817. The van der Waals surface area contributed by atoms with Gasteiger partial charge in [-0.2, -0.15) is 0 Å². The highest BCUT2D eigenvalue weighted by atomic mass is 35.5. The van der Waals surface area contributed by atoms with Crippen LogP contribution in [0.25, 0.3) is 0 Å². The van der Waals surface area contributed by atoms with Gasteiger partial charge in [0, 0.05) is 16.6 Å². The average Bonchev–Trinajstić information content (AvgIpc) is 2.86. The standard InChI is InChI=1S/C20H17Cl2NO3/c1-12(24)17-18(14-4-8-16(22)9-5-14)23(20(26)19(17)25)11-10-13-2-6-15(21)7-3-13/h2-9,18,25H,10-11H2,1H3. The molecule has 0 spiro atoms. The van der Waals surface area contributed by atoms with E-state index < -0.39 is 17.7 Å². The maximum atomic E-state index is 12.6. The Kier molecular flexibility index (Phi) is 5.35. The van der Waals surface area contributed by atoms with Crippen LogP contribution < -0.4 is 0 Å². The molecule has 0 bridgehead atoms. The van der Waals surface area contributed by atoms with Crippen molar-refractivity contribution in [1.29, 1.82) is 0 Å². The lowest BCUT2D eigenvalue weighted by atomic mass is 9.96. The first-order valence-corrected chi connectivity index (χ1v) is 8.89. The molecule has 134 valence electrons. The summed E-state index contributed by atoms with van der Waals surface area (Å²) in [6.45, 7) is 1.71. The molecule has 4 nitrogen and oxygen atoms in total. The van der Waals surface area contributed by atoms with Crippen LogP contribution in [0.4, 0.5) is 0 Å². The van der Waals surface area contributed by atoms with Gasteiger partial charge in [-0.15, -0.1) is 0 Å². The molecule has 0 saturated carbocycles. The van der Waals surface area contributed by atoms with Crippen LogP contribution in [0.3, 0.4) is 0 Å². The van der Waals surface area contributed by atoms with Gasteiger partial charge in [-0.1, -0.05) is 47.5 Å². The first kappa shape index (κ1) is 18.5. The summed E-state index contributed by atoms with van der Waals surface area (Å²) in [6.07, 6.45) is 0.575. The number of nitrogens with zero attached hydrogens (tertiary/aromatic N) is 1. The van der Waals surface area contributed by atoms with Crippen LogP contribution in [0.5, 0.6) is 0 Å². The van der Waals surface area contributed by atoms with Crippen molar-refractivity contribution in [3.63, 3.8) is 0 Å². The van der Waals surface area contributed by atoms with Crippen molar-refractivity contribution < 1.29 is 14.7 Å². The lowest BCUT2D eigenvalue weighted by molar-refractivity contribution is -0.129. The summed E-state index contributed by atoms with van der Waals surface area (Å²) in [5, 5.41) is 11.4. The van der Waals surface area contributed by atoms with Crippen molar-refractivity contribution in [1.82, 2.24) is 4.90 Å². The minimum absolute atomic E-state index is 0.119. The Labute approximate surface area is 161 Å². The highest BCUT2D eigenvalue weighted by Gasteiger charge is 2.41. The second kappa shape index (κ2) is 7.52. The Hall–Kier alpha value is -2.30. The molecule has 26 heavy (non-hydrogen) atoms. The average molecular weight is 390 g/mol. The lowest BCUT2D eigenvalue weighted by Crippen LogP contribution is -2.32. The number of Topliss-reactive ketones (excluding diaryl/α,β-unsaturated/α-hetero) is 1. The largest absolute Gasteiger partial charge is 0.503 e. The van der Waals surface area contributed by atoms with Crippen LogP contribution in [-0.2, 0) is 16.0 Å². The first-order valence-electron chi connectivity index (χ1n) is 8.13. The van der Waals surface area contributed by atoms with Crippen molar-refractivity contribution >= 4 is 34.9 Å². The fourth-order valence-corrected chi connectivity index (χ4v) is 3.39. The van der Waals surface area contributed by atoms with E-state index in [1.807, 2.05) is 12.1 Å². The number of ketones is 1. The van der Waals surface area contributed by atoms with Gasteiger partial charge in [-0.25, -0.2) is 0 Å². The summed E-state index contributed by atoms with van der Waals surface area (Å²) < 4.78 is 0. The molecule has 3 rings (SSSR count). The summed E-state index contributed by atoms with van der Waals surface area (Å²) in [7, 11) is 0. The van der Waals surface area contributed by atoms with E-state index in [9.17, 15) is 14.7 Å². The van der Waals surface area contributed by atoms with Crippen LogP contribution in [0, 0.1) is 0 Å². The molecule has 1 N–H and O–H groups in total. The third-order valence-electron chi connectivity index (χ3n) is 4.42. The molecule has 0 aliphatic carbocycles. The van der Waals surface area contributed by atoms with Gasteiger partial charge in [0.25, 0.3) is 5.91 Å². The number of amides is 1. The second-order valence-electron chi connectivity index (χ2n) is 6.15. The van der Waals surface area contributed by atoms with Gasteiger partial charge in [-0.05, 0) is 48.7 Å². The smallest absolute Gasteiger partial charge is 0.290 e. The number of rotatable bonds is 5. The summed E-state index contributed by atoms with van der Waals surface area (Å²) in [5.74, 6) is -1.34. The van der Waals surface area contributed by atoms with Crippen molar-refractivity contribution in [2.75, 3.05) is 6.54 Å². The van der Waals surface area contributed by atoms with Crippen molar-refractivity contribution in [2.45, 2.75) is 19.4 Å². The van der Waals surface area contributed by atoms with Gasteiger partial charge in [-0.3, -0.25) is 9.59 Å².